The Labute approximate surface area is 174 Å². The van der Waals surface area contributed by atoms with Crippen molar-refractivity contribution in [1.82, 2.24) is 10.3 Å². The molecule has 142 valence electrons. The Balaban J connectivity index is 1.59. The zero-order chi connectivity index (χ0) is 19.9. The molecule has 0 aliphatic carbocycles. The fourth-order valence-corrected chi connectivity index (χ4v) is 3.56. The summed E-state index contributed by atoms with van der Waals surface area (Å²) in [5.74, 6) is 0.565. The van der Waals surface area contributed by atoms with Crippen molar-refractivity contribution in [2.75, 3.05) is 12.4 Å². The van der Waals surface area contributed by atoms with Crippen molar-refractivity contribution in [1.29, 1.82) is 0 Å². The number of nitrogens with zero attached hydrogens (tertiary/aromatic N) is 1. The number of ether oxygens (including phenoxy) is 1. The molecular formula is C20H16BrN3O3S. The largest absolute Gasteiger partial charge is 0.457 e. The highest BCUT2D eigenvalue weighted by molar-refractivity contribution is 9.10. The third kappa shape index (κ3) is 5.51. The average Bonchev–Trinajstić information content (AvgIpc) is 3.13. The van der Waals surface area contributed by atoms with Crippen molar-refractivity contribution in [2.45, 2.75) is 0 Å². The maximum absolute atomic E-state index is 12.0. The number of pyridine rings is 1. The van der Waals surface area contributed by atoms with Crippen molar-refractivity contribution in [3.63, 3.8) is 0 Å². The second-order valence-electron chi connectivity index (χ2n) is 5.57. The summed E-state index contributed by atoms with van der Waals surface area (Å²) in [4.78, 5) is 28.6. The Hall–Kier alpha value is -2.97. The maximum Gasteiger partial charge on any atom is 0.269 e. The van der Waals surface area contributed by atoms with E-state index in [4.69, 9.17) is 4.74 Å². The molecule has 0 saturated carbocycles. The first-order valence-corrected chi connectivity index (χ1v) is 9.90. The molecule has 1 aromatic carbocycles. The predicted molar refractivity (Wildman–Crippen MR) is 114 cm³/mol. The lowest BCUT2D eigenvalue weighted by Gasteiger charge is -2.08. The summed E-state index contributed by atoms with van der Waals surface area (Å²) in [7, 11) is 1.54. The van der Waals surface area contributed by atoms with Crippen LogP contribution in [0.15, 0.2) is 64.6 Å². The molecular weight excluding hydrogens is 442 g/mol. The van der Waals surface area contributed by atoms with Crippen molar-refractivity contribution in [2.24, 2.45) is 0 Å². The van der Waals surface area contributed by atoms with Gasteiger partial charge in [0.25, 0.3) is 5.91 Å². The van der Waals surface area contributed by atoms with Crippen molar-refractivity contribution in [3.8, 4) is 11.5 Å². The quantitative estimate of drug-likeness (QED) is 0.525. The molecule has 0 aliphatic rings. The minimum absolute atomic E-state index is 0.220. The summed E-state index contributed by atoms with van der Waals surface area (Å²) in [6, 6.07) is 12.1. The number of benzene rings is 1. The maximum atomic E-state index is 12.0. The van der Waals surface area contributed by atoms with Crippen LogP contribution in [0, 0.1) is 0 Å². The third-order valence-corrected chi connectivity index (χ3v) is 5.19. The topological polar surface area (TPSA) is 80.3 Å². The van der Waals surface area contributed by atoms with Crippen molar-refractivity contribution < 1.29 is 14.3 Å². The van der Waals surface area contributed by atoms with E-state index in [9.17, 15) is 9.59 Å². The molecule has 0 saturated heterocycles. The van der Waals surface area contributed by atoms with Gasteiger partial charge in [0.05, 0.1) is 0 Å². The van der Waals surface area contributed by atoms with Gasteiger partial charge in [-0.15, -0.1) is 11.3 Å². The van der Waals surface area contributed by atoms with Crippen LogP contribution in [0.2, 0.25) is 0 Å². The van der Waals surface area contributed by atoms with E-state index in [2.05, 4.69) is 31.5 Å². The first-order valence-electron chi connectivity index (χ1n) is 8.22. The third-order valence-electron chi connectivity index (χ3n) is 3.54. The van der Waals surface area contributed by atoms with E-state index in [1.54, 1.807) is 60.9 Å². The van der Waals surface area contributed by atoms with Gasteiger partial charge < -0.3 is 15.4 Å². The molecule has 2 amide bonds. The minimum atomic E-state index is -0.286. The Bertz CT molecular complexity index is 1020. The van der Waals surface area contributed by atoms with E-state index >= 15 is 0 Å². The lowest BCUT2D eigenvalue weighted by molar-refractivity contribution is -0.111. The number of thiophene rings is 1. The zero-order valence-electron chi connectivity index (χ0n) is 14.8. The van der Waals surface area contributed by atoms with E-state index in [0.717, 1.165) is 9.35 Å². The fourth-order valence-electron chi connectivity index (χ4n) is 2.23. The molecule has 0 atom stereocenters. The molecule has 0 spiro atoms. The highest BCUT2D eigenvalue weighted by Gasteiger charge is 2.07. The summed E-state index contributed by atoms with van der Waals surface area (Å²) in [6.07, 6.45) is 4.75. The molecule has 8 heteroatoms. The Morgan fingerprint density at radius 3 is 2.61 bits per heavy atom. The number of carbonyl (C=O) groups excluding carboxylic acids is 2. The Morgan fingerprint density at radius 2 is 1.93 bits per heavy atom. The Kier molecular flexibility index (Phi) is 6.57. The van der Waals surface area contributed by atoms with Gasteiger partial charge in [0.1, 0.15) is 17.2 Å². The van der Waals surface area contributed by atoms with Crippen molar-refractivity contribution >= 4 is 50.8 Å². The molecule has 2 heterocycles. The summed E-state index contributed by atoms with van der Waals surface area (Å²) < 4.78 is 6.72. The molecule has 2 N–H and O–H groups in total. The van der Waals surface area contributed by atoms with Gasteiger partial charge in [-0.25, -0.2) is 0 Å². The van der Waals surface area contributed by atoms with Crippen LogP contribution in [0.3, 0.4) is 0 Å². The summed E-state index contributed by atoms with van der Waals surface area (Å²) >= 11 is 4.92. The molecule has 28 heavy (non-hydrogen) atoms. The normalized spacial score (nSPS) is 10.6. The van der Waals surface area contributed by atoms with E-state index in [1.807, 2.05) is 11.4 Å². The number of aromatic nitrogens is 1. The van der Waals surface area contributed by atoms with Crippen LogP contribution < -0.4 is 15.4 Å². The van der Waals surface area contributed by atoms with Gasteiger partial charge in [-0.1, -0.05) is 0 Å². The second-order valence-corrected chi connectivity index (χ2v) is 7.43. The predicted octanol–water partition coefficient (Wildman–Crippen LogP) is 4.71. The van der Waals surface area contributed by atoms with E-state index in [0.29, 0.717) is 17.2 Å². The smallest absolute Gasteiger partial charge is 0.269 e. The van der Waals surface area contributed by atoms with Crippen molar-refractivity contribution in [3.05, 3.63) is 75.2 Å². The molecule has 3 rings (SSSR count). The number of anilines is 1. The number of nitrogens with one attached hydrogen (secondary N) is 2. The molecule has 0 bridgehead atoms. The van der Waals surface area contributed by atoms with Crippen LogP contribution >= 0.6 is 27.3 Å². The number of halogens is 1. The van der Waals surface area contributed by atoms with Crippen LogP contribution in [0.1, 0.15) is 15.4 Å². The van der Waals surface area contributed by atoms with Crippen LogP contribution in [-0.2, 0) is 4.79 Å². The lowest BCUT2D eigenvalue weighted by atomic mass is 10.3. The Morgan fingerprint density at radius 1 is 1.14 bits per heavy atom. The van der Waals surface area contributed by atoms with Crippen LogP contribution in [-0.4, -0.2) is 23.8 Å². The van der Waals surface area contributed by atoms with E-state index in [1.165, 1.54) is 12.3 Å². The number of amides is 2. The SMILES string of the molecule is CNC(=O)c1cc(Oc2ccc(NC(=O)/C=C/c3cc(Br)cs3)cc2)ccn1. The highest BCUT2D eigenvalue weighted by Crippen LogP contribution is 2.24. The number of hydrogen-bond donors (Lipinski definition) is 2. The molecule has 3 aromatic rings. The van der Waals surface area contributed by atoms with E-state index in [-0.39, 0.29) is 17.5 Å². The first kappa shape index (κ1) is 19.8. The van der Waals surface area contributed by atoms with Gasteiger partial charge in [-0.05, 0) is 58.4 Å². The number of hydrogen-bond acceptors (Lipinski definition) is 5. The van der Waals surface area contributed by atoms with Crippen LogP contribution in [0.25, 0.3) is 6.08 Å². The molecule has 0 fully saturated rings. The zero-order valence-corrected chi connectivity index (χ0v) is 17.2. The van der Waals surface area contributed by atoms with Crippen LogP contribution in [0.4, 0.5) is 5.69 Å². The van der Waals surface area contributed by atoms with Gasteiger partial charge in [-0.2, -0.15) is 0 Å². The molecule has 0 unspecified atom stereocenters. The molecule has 0 aliphatic heterocycles. The monoisotopic (exact) mass is 457 g/mol. The second kappa shape index (κ2) is 9.29. The van der Waals surface area contributed by atoms with Gasteiger partial charge in [0.2, 0.25) is 5.91 Å². The summed E-state index contributed by atoms with van der Waals surface area (Å²) in [6.45, 7) is 0. The molecule has 6 nitrogen and oxygen atoms in total. The van der Waals surface area contributed by atoms with Gasteiger partial charge in [0.15, 0.2) is 0 Å². The summed E-state index contributed by atoms with van der Waals surface area (Å²) in [5.41, 5.74) is 0.920. The van der Waals surface area contributed by atoms with Gasteiger partial charge in [0, 0.05) is 45.8 Å². The van der Waals surface area contributed by atoms with Gasteiger partial charge >= 0.3 is 0 Å². The van der Waals surface area contributed by atoms with Gasteiger partial charge in [-0.3, -0.25) is 14.6 Å². The number of carbonyl (C=O) groups is 2. The minimum Gasteiger partial charge on any atom is -0.457 e. The standard InChI is InChI=1S/C20H16BrN3O3S/c1-22-20(26)18-11-16(8-9-23-18)27-15-4-2-14(3-5-15)24-19(25)7-6-17-10-13(21)12-28-17/h2-12H,1H3,(H,22,26)(H,24,25)/b7-6+. The highest BCUT2D eigenvalue weighted by atomic mass is 79.9. The molecule has 0 radical (unpaired) electrons. The first-order chi connectivity index (χ1) is 13.5. The summed E-state index contributed by atoms with van der Waals surface area (Å²) in [5, 5.41) is 7.26. The average molecular weight is 458 g/mol. The molecule has 2 aromatic heterocycles. The van der Waals surface area contributed by atoms with Crippen LogP contribution in [0.5, 0.6) is 11.5 Å². The number of rotatable bonds is 6. The fraction of sp³-hybridized carbons (Fsp3) is 0.0500. The van der Waals surface area contributed by atoms with E-state index < -0.39 is 0 Å². The lowest BCUT2D eigenvalue weighted by Crippen LogP contribution is -2.18.